The smallest absolute Gasteiger partial charge is 0.400 e. The van der Waals surface area contributed by atoms with Crippen molar-refractivity contribution >= 4 is 13.6 Å². The SMILES string of the molecule is C=C1NC(=O)N(C2CC(N=[N+]=[N-])C(C=CP(=O)(O)Oc3ccccc3)O2)C=C1C. The fourth-order valence-electron chi connectivity index (χ4n) is 2.91. The zero-order valence-corrected chi connectivity index (χ0v) is 16.5. The van der Waals surface area contributed by atoms with Gasteiger partial charge in [-0.3, -0.25) is 4.90 Å². The molecule has 4 atom stereocenters. The van der Waals surface area contributed by atoms with Crippen molar-refractivity contribution in [1.82, 2.24) is 10.2 Å². The summed E-state index contributed by atoms with van der Waals surface area (Å²) in [6.07, 6.45) is 1.62. The van der Waals surface area contributed by atoms with Crippen LogP contribution in [0.4, 0.5) is 4.79 Å². The molecule has 1 saturated heterocycles. The number of urea groups is 1. The largest absolute Gasteiger partial charge is 0.422 e. The van der Waals surface area contributed by atoms with Crippen molar-refractivity contribution in [2.45, 2.75) is 31.7 Å². The number of carbonyl (C=O) groups is 1. The van der Waals surface area contributed by atoms with Crippen molar-refractivity contribution in [1.29, 1.82) is 0 Å². The zero-order valence-electron chi connectivity index (χ0n) is 15.6. The highest BCUT2D eigenvalue weighted by Crippen LogP contribution is 2.44. The molecule has 2 amide bonds. The first-order valence-corrected chi connectivity index (χ1v) is 10.4. The third-order valence-corrected chi connectivity index (χ3v) is 5.41. The lowest BCUT2D eigenvalue weighted by Gasteiger charge is -2.30. The van der Waals surface area contributed by atoms with Crippen LogP contribution in [-0.4, -0.2) is 34.2 Å². The van der Waals surface area contributed by atoms with Crippen molar-refractivity contribution in [3.8, 4) is 5.75 Å². The minimum atomic E-state index is -4.11. The summed E-state index contributed by atoms with van der Waals surface area (Å²) in [5, 5.41) is 6.31. The van der Waals surface area contributed by atoms with Crippen molar-refractivity contribution in [3.63, 3.8) is 0 Å². The van der Waals surface area contributed by atoms with Crippen molar-refractivity contribution in [2.24, 2.45) is 5.11 Å². The summed E-state index contributed by atoms with van der Waals surface area (Å²) in [7, 11) is -4.11. The van der Waals surface area contributed by atoms with E-state index in [0.717, 1.165) is 11.4 Å². The average molecular weight is 417 g/mol. The Kier molecular flexibility index (Phi) is 6.10. The number of hydrogen-bond donors (Lipinski definition) is 2. The Labute approximate surface area is 167 Å². The molecule has 0 spiro atoms. The molecule has 4 unspecified atom stereocenters. The Morgan fingerprint density at radius 2 is 2.21 bits per heavy atom. The molecule has 2 aliphatic rings. The molecule has 0 saturated carbocycles. The van der Waals surface area contributed by atoms with Gasteiger partial charge in [0.05, 0.1) is 12.1 Å². The molecule has 3 rings (SSSR count). The van der Waals surface area contributed by atoms with Crippen LogP contribution in [0.15, 0.2) is 71.4 Å². The van der Waals surface area contributed by atoms with E-state index in [1.165, 1.54) is 11.0 Å². The average Bonchev–Trinajstić information content (AvgIpc) is 3.06. The molecule has 11 heteroatoms. The van der Waals surface area contributed by atoms with Gasteiger partial charge in [-0.2, -0.15) is 0 Å². The number of allylic oxidation sites excluding steroid dienone is 1. The molecule has 152 valence electrons. The van der Waals surface area contributed by atoms with E-state index in [0.29, 0.717) is 5.70 Å². The van der Waals surface area contributed by atoms with Gasteiger partial charge in [0.1, 0.15) is 12.0 Å². The molecular weight excluding hydrogens is 397 g/mol. The molecule has 2 heterocycles. The Hall–Kier alpha value is -3.03. The highest BCUT2D eigenvalue weighted by molar-refractivity contribution is 7.56. The minimum Gasteiger partial charge on any atom is -0.422 e. The number of carbonyl (C=O) groups excluding carboxylic acids is 1. The molecule has 0 aliphatic carbocycles. The van der Waals surface area contributed by atoms with Crippen LogP contribution in [0.3, 0.4) is 0 Å². The zero-order chi connectivity index (χ0) is 21.0. The fraction of sp³-hybridized carbons (Fsp3) is 0.278. The number of nitrogens with zero attached hydrogens (tertiary/aromatic N) is 4. The molecule has 1 fully saturated rings. The predicted octanol–water partition coefficient (Wildman–Crippen LogP) is 4.00. The molecule has 0 bridgehead atoms. The molecule has 29 heavy (non-hydrogen) atoms. The molecule has 10 nitrogen and oxygen atoms in total. The summed E-state index contributed by atoms with van der Waals surface area (Å²) in [6.45, 7) is 5.53. The van der Waals surface area contributed by atoms with Gasteiger partial charge in [-0.1, -0.05) is 29.9 Å². The number of benzene rings is 1. The van der Waals surface area contributed by atoms with Crippen LogP contribution in [0.1, 0.15) is 13.3 Å². The third kappa shape index (κ3) is 5.07. The maximum absolute atomic E-state index is 12.3. The molecule has 1 aromatic carbocycles. The number of ether oxygens (including phenoxy) is 1. The summed E-state index contributed by atoms with van der Waals surface area (Å²) in [6, 6.07) is 7.13. The van der Waals surface area contributed by atoms with Gasteiger partial charge in [-0.25, -0.2) is 9.36 Å². The van der Waals surface area contributed by atoms with Gasteiger partial charge >= 0.3 is 13.6 Å². The van der Waals surface area contributed by atoms with Crippen molar-refractivity contribution in [3.05, 3.63) is 76.7 Å². The monoisotopic (exact) mass is 417 g/mol. The normalized spacial score (nSPS) is 26.5. The first kappa shape index (κ1) is 20.7. The Morgan fingerprint density at radius 3 is 2.90 bits per heavy atom. The lowest BCUT2D eigenvalue weighted by molar-refractivity contribution is -0.000729. The molecule has 0 aromatic heterocycles. The summed E-state index contributed by atoms with van der Waals surface area (Å²) in [5.74, 6) is 1.23. The van der Waals surface area contributed by atoms with Crippen LogP contribution in [0.5, 0.6) is 5.75 Å². The molecule has 1 aromatic rings. The van der Waals surface area contributed by atoms with E-state index >= 15 is 0 Å². The molecule has 0 radical (unpaired) electrons. The van der Waals surface area contributed by atoms with E-state index in [1.807, 2.05) is 0 Å². The molecule has 2 N–H and O–H groups in total. The lowest BCUT2D eigenvalue weighted by Crippen LogP contribution is -2.45. The highest BCUT2D eigenvalue weighted by Gasteiger charge is 2.39. The first-order chi connectivity index (χ1) is 13.8. The first-order valence-electron chi connectivity index (χ1n) is 8.72. The second-order valence-corrected chi connectivity index (χ2v) is 8.11. The molecular formula is C18H20N5O5P. The van der Waals surface area contributed by atoms with Crippen LogP contribution < -0.4 is 9.84 Å². The van der Waals surface area contributed by atoms with Gasteiger partial charge in [0, 0.05) is 29.0 Å². The van der Waals surface area contributed by atoms with E-state index in [9.17, 15) is 14.3 Å². The quantitative estimate of drug-likeness (QED) is 0.312. The Balaban J connectivity index is 1.75. The number of nitrogens with one attached hydrogen (secondary N) is 1. The Morgan fingerprint density at radius 1 is 1.48 bits per heavy atom. The van der Waals surface area contributed by atoms with Gasteiger partial charge in [-0.05, 0) is 36.2 Å². The van der Waals surface area contributed by atoms with Crippen molar-refractivity contribution < 1.29 is 23.5 Å². The standard InChI is InChI=1S/C18H20N5O5P/c1-12-11-23(18(24)20-13(12)2)17-10-15(21-22-19)16(27-17)8-9-29(25,26)28-14-6-4-3-5-7-14/h3-9,11,15-17H,2,10H2,1H3,(H,20,24)(H,25,26). The third-order valence-electron chi connectivity index (χ3n) is 4.39. The lowest BCUT2D eigenvalue weighted by atomic mass is 10.1. The van der Waals surface area contributed by atoms with Gasteiger partial charge in [0.2, 0.25) is 0 Å². The summed E-state index contributed by atoms with van der Waals surface area (Å²) >= 11 is 0. The van der Waals surface area contributed by atoms with Crippen LogP contribution >= 0.6 is 7.60 Å². The number of rotatable bonds is 6. The second-order valence-electron chi connectivity index (χ2n) is 6.50. The summed E-state index contributed by atoms with van der Waals surface area (Å²) in [5.41, 5.74) is 10.1. The number of amides is 2. The Bertz CT molecular complexity index is 957. The van der Waals surface area contributed by atoms with Gasteiger partial charge < -0.3 is 19.5 Å². The van der Waals surface area contributed by atoms with E-state index in [4.69, 9.17) is 14.8 Å². The van der Waals surface area contributed by atoms with Crippen LogP contribution in [0.25, 0.3) is 10.4 Å². The summed E-state index contributed by atoms with van der Waals surface area (Å²) < 4.78 is 23.2. The van der Waals surface area contributed by atoms with E-state index in [-0.39, 0.29) is 12.2 Å². The van der Waals surface area contributed by atoms with Gasteiger partial charge in [-0.15, -0.1) is 0 Å². The van der Waals surface area contributed by atoms with Crippen molar-refractivity contribution in [2.75, 3.05) is 0 Å². The number of azide groups is 1. The van der Waals surface area contributed by atoms with Crippen LogP contribution in [-0.2, 0) is 9.30 Å². The van der Waals surface area contributed by atoms with E-state index < -0.39 is 32.0 Å². The number of para-hydroxylation sites is 1. The summed E-state index contributed by atoms with van der Waals surface area (Å²) in [4.78, 5) is 26.4. The predicted molar refractivity (Wildman–Crippen MR) is 106 cm³/mol. The van der Waals surface area contributed by atoms with E-state index in [1.54, 1.807) is 43.5 Å². The van der Waals surface area contributed by atoms with Crippen LogP contribution in [0, 0.1) is 0 Å². The minimum absolute atomic E-state index is 0.220. The number of hydrogen-bond acceptors (Lipinski definition) is 5. The molecule has 2 aliphatic heterocycles. The van der Waals surface area contributed by atoms with Gasteiger partial charge in [0.15, 0.2) is 0 Å². The van der Waals surface area contributed by atoms with E-state index in [2.05, 4.69) is 21.9 Å². The highest BCUT2D eigenvalue weighted by atomic mass is 31.2. The second kappa shape index (κ2) is 8.55. The van der Waals surface area contributed by atoms with Crippen LogP contribution in [0.2, 0.25) is 0 Å². The maximum Gasteiger partial charge on any atom is 0.400 e. The fourth-order valence-corrected chi connectivity index (χ4v) is 3.78. The maximum atomic E-state index is 12.3. The topological polar surface area (TPSA) is 137 Å². The van der Waals surface area contributed by atoms with Gasteiger partial charge in [0.25, 0.3) is 0 Å².